The molecular weight excluding hydrogens is 354 g/mol. The van der Waals surface area contributed by atoms with Crippen molar-refractivity contribution in [2.24, 2.45) is 0 Å². The van der Waals surface area contributed by atoms with Crippen molar-refractivity contribution in [1.82, 2.24) is 14.9 Å². The summed E-state index contributed by atoms with van der Waals surface area (Å²) in [5.41, 5.74) is 1.59. The Morgan fingerprint density at radius 2 is 2.12 bits per heavy atom. The van der Waals surface area contributed by atoms with Gasteiger partial charge in [-0.2, -0.15) is 0 Å². The number of sulfonamides is 1. The number of aryl methyl sites for hydroxylation is 2. The summed E-state index contributed by atoms with van der Waals surface area (Å²) in [7, 11) is -4.04. The van der Waals surface area contributed by atoms with Crippen LogP contribution in [0.3, 0.4) is 0 Å². The third-order valence-corrected chi connectivity index (χ3v) is 5.50. The topological polar surface area (TPSA) is 105 Å². The Bertz CT molecular complexity index is 1020. The average molecular weight is 368 g/mol. The van der Waals surface area contributed by atoms with Crippen molar-refractivity contribution in [2.75, 3.05) is 0 Å². The lowest BCUT2D eigenvalue weighted by Crippen LogP contribution is -2.32. The maximum atomic E-state index is 12.3. The van der Waals surface area contributed by atoms with Gasteiger partial charge in [0.05, 0.1) is 11.4 Å². The van der Waals surface area contributed by atoms with E-state index in [0.29, 0.717) is 16.0 Å². The lowest BCUT2D eigenvalue weighted by molar-refractivity contribution is -0.118. The molecule has 2 aromatic heterocycles. The molecular formula is C15H14ClN3O4S. The van der Waals surface area contributed by atoms with Gasteiger partial charge in [0.15, 0.2) is 10.7 Å². The van der Waals surface area contributed by atoms with E-state index in [9.17, 15) is 13.2 Å². The third kappa shape index (κ3) is 2.90. The van der Waals surface area contributed by atoms with Crippen LogP contribution in [0.15, 0.2) is 33.8 Å². The number of amides is 1. The van der Waals surface area contributed by atoms with Crippen LogP contribution in [-0.2, 0) is 21.2 Å². The number of hydrogen-bond acceptors (Lipinski definition) is 5. The molecule has 0 saturated carbocycles. The summed E-state index contributed by atoms with van der Waals surface area (Å²) in [5.74, 6) is -0.543. The minimum Gasteiger partial charge on any atom is -0.361 e. The molecule has 1 aromatic carbocycles. The van der Waals surface area contributed by atoms with Gasteiger partial charge in [-0.1, -0.05) is 22.8 Å². The molecule has 0 fully saturated rings. The number of carbonyl (C=O) groups is 1. The molecule has 7 nitrogen and oxygen atoms in total. The summed E-state index contributed by atoms with van der Waals surface area (Å²) in [4.78, 5) is 15.1. The van der Waals surface area contributed by atoms with E-state index in [2.05, 4.69) is 10.1 Å². The van der Waals surface area contributed by atoms with Crippen LogP contribution in [0.2, 0.25) is 5.02 Å². The highest BCUT2D eigenvalue weighted by Crippen LogP contribution is 2.27. The number of benzene rings is 1. The number of nitrogens with zero attached hydrogens (tertiary/aromatic N) is 1. The first-order chi connectivity index (χ1) is 11.3. The van der Waals surface area contributed by atoms with Crippen LogP contribution in [0, 0.1) is 13.8 Å². The Kier molecular flexibility index (Phi) is 4.10. The number of rotatable bonds is 4. The summed E-state index contributed by atoms with van der Waals surface area (Å²) in [5, 5.41) is 4.78. The maximum Gasteiger partial charge on any atom is 0.269 e. The molecule has 126 valence electrons. The van der Waals surface area contributed by atoms with Crippen molar-refractivity contribution in [1.29, 1.82) is 0 Å². The molecule has 3 aromatic rings. The zero-order valence-electron chi connectivity index (χ0n) is 12.9. The Morgan fingerprint density at radius 1 is 1.38 bits per heavy atom. The van der Waals surface area contributed by atoms with Crippen molar-refractivity contribution in [3.63, 3.8) is 0 Å². The normalized spacial score (nSPS) is 11.8. The number of aromatic amines is 1. The van der Waals surface area contributed by atoms with Gasteiger partial charge in [-0.25, -0.2) is 13.1 Å². The van der Waals surface area contributed by atoms with E-state index in [4.69, 9.17) is 16.1 Å². The summed E-state index contributed by atoms with van der Waals surface area (Å²) < 4.78 is 31.6. The molecule has 0 atom stereocenters. The largest absolute Gasteiger partial charge is 0.361 e. The standard InChI is InChI=1S/C15H14ClN3O4S/c1-8-15(9(2)23-18-8)24(21,22)19-13(20)6-10-7-17-12-5-3-4-11(16)14(10)12/h3-5,7,17H,6H2,1-2H3,(H,19,20). The van der Waals surface area contributed by atoms with Gasteiger partial charge in [0.1, 0.15) is 5.69 Å². The molecule has 0 radical (unpaired) electrons. The highest BCUT2D eigenvalue weighted by atomic mass is 35.5. The van der Waals surface area contributed by atoms with E-state index in [1.165, 1.54) is 13.8 Å². The fourth-order valence-electron chi connectivity index (χ4n) is 2.62. The first-order valence-electron chi connectivity index (χ1n) is 7.02. The van der Waals surface area contributed by atoms with Crippen LogP contribution in [0.5, 0.6) is 0 Å². The fraction of sp³-hybridized carbons (Fsp3) is 0.200. The zero-order valence-corrected chi connectivity index (χ0v) is 14.5. The Labute approximate surface area is 143 Å². The van der Waals surface area contributed by atoms with Crippen LogP contribution >= 0.6 is 11.6 Å². The highest BCUT2D eigenvalue weighted by Gasteiger charge is 2.26. The van der Waals surface area contributed by atoms with Crippen LogP contribution in [-0.4, -0.2) is 24.5 Å². The molecule has 9 heteroatoms. The van der Waals surface area contributed by atoms with E-state index in [-0.39, 0.29) is 22.8 Å². The van der Waals surface area contributed by atoms with Crippen molar-refractivity contribution in [3.8, 4) is 0 Å². The zero-order chi connectivity index (χ0) is 17.5. The van der Waals surface area contributed by atoms with Crippen LogP contribution < -0.4 is 4.72 Å². The molecule has 0 aliphatic heterocycles. The van der Waals surface area contributed by atoms with Gasteiger partial charge in [-0.3, -0.25) is 4.79 Å². The molecule has 0 aliphatic carbocycles. The van der Waals surface area contributed by atoms with Gasteiger partial charge in [0.2, 0.25) is 5.91 Å². The molecule has 0 unspecified atom stereocenters. The number of aromatic nitrogens is 2. The number of H-pyrrole nitrogens is 1. The summed E-state index contributed by atoms with van der Waals surface area (Å²) in [6.07, 6.45) is 1.50. The lowest BCUT2D eigenvalue weighted by Gasteiger charge is -2.06. The minimum absolute atomic E-state index is 0.118. The van der Waals surface area contributed by atoms with Gasteiger partial charge >= 0.3 is 0 Å². The Balaban J connectivity index is 1.85. The molecule has 2 N–H and O–H groups in total. The number of hydrogen-bond donors (Lipinski definition) is 2. The molecule has 2 heterocycles. The third-order valence-electron chi connectivity index (χ3n) is 3.57. The Morgan fingerprint density at radius 3 is 2.79 bits per heavy atom. The second-order valence-electron chi connectivity index (χ2n) is 5.34. The minimum atomic E-state index is -4.04. The summed E-state index contributed by atoms with van der Waals surface area (Å²) in [6, 6.07) is 5.32. The van der Waals surface area contributed by atoms with E-state index in [1.54, 1.807) is 18.3 Å². The van der Waals surface area contributed by atoms with E-state index < -0.39 is 15.9 Å². The van der Waals surface area contributed by atoms with Gasteiger partial charge in [0, 0.05) is 17.1 Å². The quantitative estimate of drug-likeness (QED) is 0.737. The SMILES string of the molecule is Cc1noc(C)c1S(=O)(=O)NC(=O)Cc1c[nH]c2cccc(Cl)c12. The average Bonchev–Trinajstić information content (AvgIpc) is 3.03. The molecule has 0 spiro atoms. The monoisotopic (exact) mass is 367 g/mol. The fourth-order valence-corrected chi connectivity index (χ4v) is 4.23. The van der Waals surface area contributed by atoms with E-state index in [1.807, 2.05) is 10.8 Å². The molecule has 0 bridgehead atoms. The van der Waals surface area contributed by atoms with E-state index >= 15 is 0 Å². The predicted molar refractivity (Wildman–Crippen MR) is 88.3 cm³/mol. The van der Waals surface area contributed by atoms with Crippen molar-refractivity contribution in [3.05, 3.63) is 46.4 Å². The molecule has 3 rings (SSSR count). The van der Waals surface area contributed by atoms with Gasteiger partial charge < -0.3 is 9.51 Å². The Hall–Kier alpha value is -2.32. The number of carbonyl (C=O) groups excluding carboxylic acids is 1. The predicted octanol–water partition coefficient (Wildman–Crippen LogP) is 2.47. The number of nitrogens with one attached hydrogen (secondary N) is 2. The first kappa shape index (κ1) is 16.5. The molecule has 1 amide bonds. The van der Waals surface area contributed by atoms with Gasteiger partial charge in [-0.05, 0) is 31.5 Å². The number of halogens is 1. The van der Waals surface area contributed by atoms with Crippen molar-refractivity contribution < 1.29 is 17.7 Å². The van der Waals surface area contributed by atoms with Crippen LogP contribution in [0.25, 0.3) is 10.9 Å². The van der Waals surface area contributed by atoms with Crippen molar-refractivity contribution in [2.45, 2.75) is 25.2 Å². The first-order valence-corrected chi connectivity index (χ1v) is 8.88. The summed E-state index contributed by atoms with van der Waals surface area (Å²) in [6.45, 7) is 2.97. The molecule has 0 aliphatic rings. The smallest absolute Gasteiger partial charge is 0.269 e. The number of fused-ring (bicyclic) bond motifs is 1. The summed E-state index contributed by atoms with van der Waals surface area (Å²) >= 11 is 6.15. The van der Waals surface area contributed by atoms with Crippen LogP contribution in [0.4, 0.5) is 0 Å². The van der Waals surface area contributed by atoms with E-state index in [0.717, 1.165) is 5.52 Å². The lowest BCUT2D eigenvalue weighted by atomic mass is 10.1. The second-order valence-corrected chi connectivity index (χ2v) is 7.36. The van der Waals surface area contributed by atoms with Crippen molar-refractivity contribution >= 4 is 38.4 Å². The van der Waals surface area contributed by atoms with Crippen LogP contribution in [0.1, 0.15) is 17.0 Å². The highest BCUT2D eigenvalue weighted by molar-refractivity contribution is 7.90. The molecule has 24 heavy (non-hydrogen) atoms. The maximum absolute atomic E-state index is 12.3. The molecule has 0 saturated heterocycles. The van der Waals surface area contributed by atoms with Gasteiger partial charge in [-0.15, -0.1) is 0 Å². The van der Waals surface area contributed by atoms with Gasteiger partial charge in [0.25, 0.3) is 10.0 Å². The second kappa shape index (κ2) is 5.95.